The number of hydrogen-bond acceptors (Lipinski definition) is 3. The fourth-order valence-electron chi connectivity index (χ4n) is 3.14. The summed E-state index contributed by atoms with van der Waals surface area (Å²) in [4.78, 5) is 37.8. The SMILES string of the molecule is C[C@H](NC(=O)CN1C(=O)N[C@H](CCc2ccccc2)C1=O)c1ccc(F)cc1. The molecule has 0 aliphatic carbocycles. The Balaban J connectivity index is 1.53. The van der Waals surface area contributed by atoms with Gasteiger partial charge >= 0.3 is 6.03 Å². The lowest BCUT2D eigenvalue weighted by Crippen LogP contribution is -2.41. The third-order valence-electron chi connectivity index (χ3n) is 4.72. The van der Waals surface area contributed by atoms with Crippen LogP contribution in [-0.2, 0) is 16.0 Å². The van der Waals surface area contributed by atoms with E-state index in [-0.39, 0.29) is 18.4 Å². The summed E-state index contributed by atoms with van der Waals surface area (Å²) >= 11 is 0. The van der Waals surface area contributed by atoms with Gasteiger partial charge in [-0.1, -0.05) is 42.5 Å². The first-order valence-corrected chi connectivity index (χ1v) is 9.14. The van der Waals surface area contributed by atoms with Crippen LogP contribution in [0.2, 0.25) is 0 Å². The molecule has 4 amide bonds. The molecule has 1 aliphatic rings. The molecule has 0 unspecified atom stereocenters. The average Bonchev–Trinajstić information content (AvgIpc) is 2.95. The zero-order chi connectivity index (χ0) is 20.1. The Kier molecular flexibility index (Phi) is 6.03. The Morgan fingerprint density at radius 2 is 1.82 bits per heavy atom. The van der Waals surface area contributed by atoms with E-state index in [9.17, 15) is 18.8 Å². The number of benzene rings is 2. The summed E-state index contributed by atoms with van der Waals surface area (Å²) in [6.07, 6.45) is 1.12. The van der Waals surface area contributed by atoms with E-state index >= 15 is 0 Å². The van der Waals surface area contributed by atoms with Crippen molar-refractivity contribution >= 4 is 17.8 Å². The molecule has 0 bridgehead atoms. The predicted octanol–water partition coefficient (Wildman–Crippen LogP) is 2.56. The Hall–Kier alpha value is -3.22. The van der Waals surface area contributed by atoms with Crippen LogP contribution in [0.25, 0.3) is 0 Å². The summed E-state index contributed by atoms with van der Waals surface area (Å²) in [6.45, 7) is 1.40. The van der Waals surface area contributed by atoms with Gasteiger partial charge in [-0.3, -0.25) is 14.5 Å². The molecule has 1 saturated heterocycles. The lowest BCUT2D eigenvalue weighted by Gasteiger charge is -2.17. The number of nitrogens with zero attached hydrogens (tertiary/aromatic N) is 1. The number of amides is 4. The quantitative estimate of drug-likeness (QED) is 0.722. The van der Waals surface area contributed by atoms with Crippen LogP contribution in [0.1, 0.15) is 30.5 Å². The van der Waals surface area contributed by atoms with Gasteiger partial charge in [-0.25, -0.2) is 9.18 Å². The van der Waals surface area contributed by atoms with Gasteiger partial charge in [0, 0.05) is 0 Å². The van der Waals surface area contributed by atoms with Crippen LogP contribution in [0, 0.1) is 5.82 Å². The second-order valence-electron chi connectivity index (χ2n) is 6.79. The third kappa shape index (κ3) is 4.73. The average molecular weight is 383 g/mol. The summed E-state index contributed by atoms with van der Waals surface area (Å²) < 4.78 is 13.0. The number of rotatable bonds is 7. The smallest absolute Gasteiger partial charge is 0.325 e. The van der Waals surface area contributed by atoms with Crippen molar-refractivity contribution in [2.24, 2.45) is 0 Å². The van der Waals surface area contributed by atoms with Gasteiger partial charge in [0.2, 0.25) is 5.91 Å². The molecule has 7 heteroatoms. The van der Waals surface area contributed by atoms with E-state index in [1.54, 1.807) is 19.1 Å². The maximum Gasteiger partial charge on any atom is 0.325 e. The molecule has 2 aromatic rings. The summed E-state index contributed by atoms with van der Waals surface area (Å²) in [6, 6.07) is 13.9. The topological polar surface area (TPSA) is 78.5 Å². The van der Waals surface area contributed by atoms with Gasteiger partial charge < -0.3 is 10.6 Å². The molecule has 0 radical (unpaired) electrons. The highest BCUT2D eigenvalue weighted by molar-refractivity contribution is 6.06. The van der Waals surface area contributed by atoms with Crippen molar-refractivity contribution in [2.45, 2.75) is 31.8 Å². The molecule has 146 valence electrons. The molecule has 0 spiro atoms. The Morgan fingerprint density at radius 3 is 2.50 bits per heavy atom. The maximum atomic E-state index is 13.0. The molecular formula is C21H22FN3O3. The minimum absolute atomic E-state index is 0.349. The van der Waals surface area contributed by atoms with E-state index in [1.165, 1.54) is 12.1 Å². The van der Waals surface area contributed by atoms with Crippen molar-refractivity contribution in [1.29, 1.82) is 0 Å². The van der Waals surface area contributed by atoms with Crippen LogP contribution >= 0.6 is 0 Å². The highest BCUT2D eigenvalue weighted by atomic mass is 19.1. The zero-order valence-electron chi connectivity index (χ0n) is 15.5. The van der Waals surface area contributed by atoms with Gasteiger partial charge in [0.1, 0.15) is 18.4 Å². The standard InChI is InChI=1S/C21H22FN3O3/c1-14(16-8-10-17(22)11-9-16)23-19(26)13-25-20(27)18(24-21(25)28)12-7-15-5-3-2-4-6-15/h2-6,8-11,14,18H,7,12-13H2,1H3,(H,23,26)(H,24,28)/t14-,18+/m0/s1. The van der Waals surface area contributed by atoms with Gasteiger partial charge in [-0.2, -0.15) is 0 Å². The van der Waals surface area contributed by atoms with Crippen molar-refractivity contribution in [3.8, 4) is 0 Å². The molecule has 1 fully saturated rings. The fourth-order valence-corrected chi connectivity index (χ4v) is 3.14. The van der Waals surface area contributed by atoms with Crippen LogP contribution in [0.5, 0.6) is 0 Å². The molecule has 6 nitrogen and oxygen atoms in total. The van der Waals surface area contributed by atoms with Gasteiger partial charge in [0.05, 0.1) is 6.04 Å². The Labute approximate surface area is 162 Å². The van der Waals surface area contributed by atoms with Crippen molar-refractivity contribution in [2.75, 3.05) is 6.54 Å². The predicted molar refractivity (Wildman–Crippen MR) is 102 cm³/mol. The van der Waals surface area contributed by atoms with E-state index in [2.05, 4.69) is 10.6 Å². The highest BCUT2D eigenvalue weighted by Gasteiger charge is 2.38. The molecule has 28 heavy (non-hydrogen) atoms. The van der Waals surface area contributed by atoms with Gasteiger partial charge in [-0.15, -0.1) is 0 Å². The number of imide groups is 1. The number of nitrogens with one attached hydrogen (secondary N) is 2. The Bertz CT molecular complexity index is 855. The largest absolute Gasteiger partial charge is 0.348 e. The van der Waals surface area contributed by atoms with Crippen LogP contribution in [0.3, 0.4) is 0 Å². The maximum absolute atomic E-state index is 13.0. The third-order valence-corrected chi connectivity index (χ3v) is 4.72. The van der Waals surface area contributed by atoms with Gasteiger partial charge in [0.15, 0.2) is 0 Å². The Morgan fingerprint density at radius 1 is 1.14 bits per heavy atom. The minimum atomic E-state index is -0.630. The number of aryl methyl sites for hydroxylation is 1. The summed E-state index contributed by atoms with van der Waals surface area (Å²) in [7, 11) is 0. The molecule has 0 aromatic heterocycles. The second-order valence-corrected chi connectivity index (χ2v) is 6.79. The van der Waals surface area contributed by atoms with E-state index in [0.29, 0.717) is 12.8 Å². The lowest BCUT2D eigenvalue weighted by molar-refractivity contribution is -0.132. The number of carbonyl (C=O) groups excluding carboxylic acids is 3. The van der Waals surface area contributed by atoms with Crippen LogP contribution < -0.4 is 10.6 Å². The number of hydrogen-bond donors (Lipinski definition) is 2. The summed E-state index contributed by atoms with van der Waals surface area (Å²) in [5.74, 6) is -1.21. The number of halogens is 1. The second kappa shape index (κ2) is 8.65. The van der Waals surface area contributed by atoms with Crippen molar-refractivity contribution in [3.63, 3.8) is 0 Å². The summed E-state index contributed by atoms with van der Waals surface area (Å²) in [5.41, 5.74) is 1.81. The molecule has 2 N–H and O–H groups in total. The molecule has 1 heterocycles. The molecule has 0 saturated carbocycles. The van der Waals surface area contributed by atoms with Crippen molar-refractivity contribution in [1.82, 2.24) is 15.5 Å². The monoisotopic (exact) mass is 383 g/mol. The number of carbonyl (C=O) groups is 3. The normalized spacial score (nSPS) is 17.4. The van der Waals surface area contributed by atoms with Crippen molar-refractivity contribution in [3.05, 3.63) is 71.5 Å². The fraction of sp³-hybridized carbons (Fsp3) is 0.286. The van der Waals surface area contributed by atoms with Gasteiger partial charge in [-0.05, 0) is 43.0 Å². The molecule has 2 aromatic carbocycles. The van der Waals surface area contributed by atoms with Crippen LogP contribution in [-0.4, -0.2) is 35.3 Å². The first-order valence-electron chi connectivity index (χ1n) is 9.14. The zero-order valence-corrected chi connectivity index (χ0v) is 15.5. The summed E-state index contributed by atoms with van der Waals surface area (Å²) in [5, 5.41) is 5.36. The molecule has 3 rings (SSSR count). The first-order chi connectivity index (χ1) is 13.4. The first kappa shape index (κ1) is 19.5. The van der Waals surface area contributed by atoms with E-state index in [0.717, 1.165) is 16.0 Å². The minimum Gasteiger partial charge on any atom is -0.348 e. The van der Waals surface area contributed by atoms with Crippen LogP contribution in [0.4, 0.5) is 9.18 Å². The van der Waals surface area contributed by atoms with Crippen LogP contribution in [0.15, 0.2) is 54.6 Å². The highest BCUT2D eigenvalue weighted by Crippen LogP contribution is 2.15. The van der Waals surface area contributed by atoms with Gasteiger partial charge in [0.25, 0.3) is 5.91 Å². The molecular weight excluding hydrogens is 361 g/mol. The lowest BCUT2D eigenvalue weighted by atomic mass is 10.1. The number of urea groups is 1. The van der Waals surface area contributed by atoms with E-state index < -0.39 is 23.9 Å². The van der Waals surface area contributed by atoms with E-state index in [4.69, 9.17) is 0 Å². The van der Waals surface area contributed by atoms with Crippen molar-refractivity contribution < 1.29 is 18.8 Å². The molecule has 2 atom stereocenters. The van der Waals surface area contributed by atoms with E-state index in [1.807, 2.05) is 30.3 Å². The molecule has 1 aliphatic heterocycles.